The van der Waals surface area contributed by atoms with Crippen LogP contribution in [0.5, 0.6) is 0 Å². The molecule has 20 heavy (non-hydrogen) atoms. The van der Waals surface area contributed by atoms with Gasteiger partial charge in [0.25, 0.3) is 0 Å². The van der Waals surface area contributed by atoms with Crippen LogP contribution >= 0.6 is 0 Å². The van der Waals surface area contributed by atoms with Gasteiger partial charge in [0.05, 0.1) is 0 Å². The van der Waals surface area contributed by atoms with Crippen molar-refractivity contribution in [2.24, 2.45) is 0 Å². The van der Waals surface area contributed by atoms with E-state index in [1.54, 1.807) is 24.3 Å². The second-order valence-corrected chi connectivity index (χ2v) is 4.54. The molecule has 0 radical (unpaired) electrons. The maximum Gasteiger partial charge on any atom is 0.303 e. The Morgan fingerprint density at radius 1 is 1.00 bits per heavy atom. The normalized spacial score (nSPS) is 10.5. The molecule has 2 aromatic rings. The number of carboxylic acids is 1. The molecule has 0 saturated heterocycles. The summed E-state index contributed by atoms with van der Waals surface area (Å²) >= 11 is 0. The van der Waals surface area contributed by atoms with Gasteiger partial charge in [0.1, 0.15) is 11.6 Å². The molecule has 4 heteroatoms. The summed E-state index contributed by atoms with van der Waals surface area (Å²) in [5.74, 6) is -1.83. The summed E-state index contributed by atoms with van der Waals surface area (Å²) in [4.78, 5) is 10.5. The maximum atomic E-state index is 13.8. The van der Waals surface area contributed by atoms with Crippen LogP contribution in [0.15, 0.2) is 42.5 Å². The third-order valence-corrected chi connectivity index (χ3v) is 3.05. The monoisotopic (exact) mass is 276 g/mol. The van der Waals surface area contributed by atoms with Gasteiger partial charge in [-0.25, -0.2) is 8.78 Å². The lowest BCUT2D eigenvalue weighted by Gasteiger charge is -2.08. The van der Waals surface area contributed by atoms with Crippen LogP contribution in [-0.4, -0.2) is 11.1 Å². The van der Waals surface area contributed by atoms with Gasteiger partial charge in [-0.05, 0) is 36.6 Å². The van der Waals surface area contributed by atoms with Crippen molar-refractivity contribution >= 4 is 5.97 Å². The molecular formula is C16H14F2O2. The van der Waals surface area contributed by atoms with E-state index in [1.807, 2.05) is 0 Å². The lowest BCUT2D eigenvalue weighted by Crippen LogP contribution is -1.97. The predicted octanol–water partition coefficient (Wildman–Crippen LogP) is 4.04. The number of rotatable bonds is 5. The number of hydrogen-bond acceptors (Lipinski definition) is 1. The van der Waals surface area contributed by atoms with Crippen LogP contribution < -0.4 is 0 Å². The molecule has 0 atom stereocenters. The summed E-state index contributed by atoms with van der Waals surface area (Å²) in [6.45, 7) is 0. The zero-order valence-corrected chi connectivity index (χ0v) is 10.8. The predicted molar refractivity (Wildman–Crippen MR) is 72.4 cm³/mol. The Kier molecular flexibility index (Phi) is 4.45. The molecule has 0 unspecified atom stereocenters. The molecule has 0 aliphatic heterocycles. The van der Waals surface area contributed by atoms with E-state index in [2.05, 4.69) is 0 Å². The maximum absolute atomic E-state index is 13.8. The highest BCUT2D eigenvalue weighted by Crippen LogP contribution is 2.26. The van der Waals surface area contributed by atoms with Crippen molar-refractivity contribution < 1.29 is 18.7 Å². The first-order valence-electron chi connectivity index (χ1n) is 6.33. The molecular weight excluding hydrogens is 262 g/mol. The molecule has 0 aromatic heterocycles. The molecule has 0 aliphatic carbocycles. The molecule has 2 aromatic carbocycles. The zero-order valence-electron chi connectivity index (χ0n) is 10.8. The first-order valence-corrected chi connectivity index (χ1v) is 6.33. The van der Waals surface area contributed by atoms with E-state index < -0.39 is 17.6 Å². The van der Waals surface area contributed by atoms with Crippen LogP contribution in [0.1, 0.15) is 18.4 Å². The first-order chi connectivity index (χ1) is 9.58. The fraction of sp³-hybridized carbons (Fsp3) is 0.188. The molecule has 2 rings (SSSR count). The zero-order chi connectivity index (χ0) is 14.5. The quantitative estimate of drug-likeness (QED) is 0.894. The van der Waals surface area contributed by atoms with Gasteiger partial charge >= 0.3 is 5.97 Å². The molecule has 0 saturated carbocycles. The number of aryl methyl sites for hydroxylation is 1. The molecule has 0 spiro atoms. The molecule has 0 amide bonds. The van der Waals surface area contributed by atoms with Crippen LogP contribution in [0.4, 0.5) is 8.78 Å². The number of halogens is 2. The van der Waals surface area contributed by atoms with Gasteiger partial charge in [0.15, 0.2) is 0 Å². The van der Waals surface area contributed by atoms with E-state index in [0.717, 1.165) is 5.56 Å². The Morgan fingerprint density at radius 2 is 1.70 bits per heavy atom. The van der Waals surface area contributed by atoms with Gasteiger partial charge in [-0.1, -0.05) is 24.3 Å². The topological polar surface area (TPSA) is 37.3 Å². The number of aliphatic carboxylic acids is 1. The van der Waals surface area contributed by atoms with Crippen molar-refractivity contribution in [3.8, 4) is 11.1 Å². The lowest BCUT2D eigenvalue weighted by atomic mass is 9.99. The Labute approximate surface area is 115 Å². The van der Waals surface area contributed by atoms with Crippen LogP contribution in [-0.2, 0) is 11.2 Å². The summed E-state index contributed by atoms with van der Waals surface area (Å²) in [5.41, 5.74) is 1.21. The highest BCUT2D eigenvalue weighted by Gasteiger charge is 2.10. The summed E-state index contributed by atoms with van der Waals surface area (Å²) in [6.07, 6.45) is 1.05. The Bertz CT molecular complexity index is 624. The van der Waals surface area contributed by atoms with Crippen LogP contribution in [0.2, 0.25) is 0 Å². The molecule has 0 fully saturated rings. The number of benzene rings is 2. The van der Waals surface area contributed by atoms with Crippen molar-refractivity contribution in [2.45, 2.75) is 19.3 Å². The molecule has 2 nitrogen and oxygen atoms in total. The van der Waals surface area contributed by atoms with Crippen LogP contribution in [0.25, 0.3) is 11.1 Å². The molecule has 104 valence electrons. The summed E-state index contributed by atoms with van der Waals surface area (Å²) < 4.78 is 27.5. The highest BCUT2D eigenvalue weighted by atomic mass is 19.1. The Balaban J connectivity index is 2.25. The van der Waals surface area contributed by atoms with Crippen molar-refractivity contribution in [2.75, 3.05) is 0 Å². The van der Waals surface area contributed by atoms with Gasteiger partial charge in [-0.15, -0.1) is 0 Å². The number of hydrogen-bond donors (Lipinski definition) is 1. The minimum absolute atomic E-state index is 0.0619. The van der Waals surface area contributed by atoms with Crippen LogP contribution in [0, 0.1) is 11.6 Å². The molecule has 0 aliphatic rings. The van der Waals surface area contributed by atoms with E-state index in [1.165, 1.54) is 18.2 Å². The van der Waals surface area contributed by atoms with Crippen molar-refractivity contribution in [3.05, 3.63) is 59.7 Å². The largest absolute Gasteiger partial charge is 0.481 e. The Morgan fingerprint density at radius 3 is 2.40 bits per heavy atom. The standard InChI is InChI=1S/C16H14F2O2/c17-14-6-2-1-5-12(14)13-10-11(8-9-15(13)18)4-3-7-16(19)20/h1-2,5-6,8-10H,3-4,7H2,(H,19,20). The van der Waals surface area contributed by atoms with E-state index in [-0.39, 0.29) is 17.5 Å². The van der Waals surface area contributed by atoms with Crippen molar-refractivity contribution in [1.82, 2.24) is 0 Å². The molecule has 0 bridgehead atoms. The summed E-state index contributed by atoms with van der Waals surface area (Å²) in [6, 6.07) is 10.5. The van der Waals surface area contributed by atoms with E-state index in [4.69, 9.17) is 5.11 Å². The third kappa shape index (κ3) is 3.41. The van der Waals surface area contributed by atoms with Crippen LogP contribution in [0.3, 0.4) is 0 Å². The fourth-order valence-corrected chi connectivity index (χ4v) is 2.06. The van der Waals surface area contributed by atoms with Gasteiger partial charge < -0.3 is 5.11 Å². The van der Waals surface area contributed by atoms with Gasteiger partial charge in [-0.2, -0.15) is 0 Å². The van der Waals surface area contributed by atoms with Crippen molar-refractivity contribution in [1.29, 1.82) is 0 Å². The SMILES string of the molecule is O=C(O)CCCc1ccc(F)c(-c2ccccc2F)c1. The Hall–Kier alpha value is -2.23. The fourth-order valence-electron chi connectivity index (χ4n) is 2.06. The summed E-state index contributed by atoms with van der Waals surface area (Å²) in [5, 5.41) is 8.60. The van der Waals surface area contributed by atoms with Gasteiger partial charge in [0.2, 0.25) is 0 Å². The van der Waals surface area contributed by atoms with E-state index in [9.17, 15) is 13.6 Å². The second kappa shape index (κ2) is 6.28. The van der Waals surface area contributed by atoms with E-state index >= 15 is 0 Å². The smallest absolute Gasteiger partial charge is 0.303 e. The first kappa shape index (κ1) is 14.2. The minimum Gasteiger partial charge on any atom is -0.481 e. The minimum atomic E-state index is -0.860. The number of carbonyl (C=O) groups is 1. The molecule has 1 N–H and O–H groups in total. The van der Waals surface area contributed by atoms with E-state index in [0.29, 0.717) is 12.8 Å². The van der Waals surface area contributed by atoms with Gasteiger partial charge in [-0.3, -0.25) is 4.79 Å². The average molecular weight is 276 g/mol. The third-order valence-electron chi connectivity index (χ3n) is 3.05. The van der Waals surface area contributed by atoms with Gasteiger partial charge in [0, 0.05) is 17.5 Å². The van der Waals surface area contributed by atoms with Crippen molar-refractivity contribution in [3.63, 3.8) is 0 Å². The number of carboxylic acid groups (broad SMARTS) is 1. The summed E-state index contributed by atoms with van der Waals surface area (Å²) in [7, 11) is 0. The highest BCUT2D eigenvalue weighted by molar-refractivity contribution is 5.67. The average Bonchev–Trinajstić information content (AvgIpc) is 2.41. The lowest BCUT2D eigenvalue weighted by molar-refractivity contribution is -0.137. The second-order valence-electron chi connectivity index (χ2n) is 4.54. The molecule has 0 heterocycles.